The van der Waals surface area contributed by atoms with Gasteiger partial charge in [0.15, 0.2) is 11.4 Å². The SMILES string of the molecule is COc1ccc(C(=O)C[C@@]2(O)C(=O)N(Cc3cc(C(C)C)ccc3C)c3ccc(Br)cc32)c(OC)c1. The summed E-state index contributed by atoms with van der Waals surface area (Å²) in [5.41, 5.74) is 2.49. The van der Waals surface area contributed by atoms with E-state index in [1.54, 1.807) is 35.2 Å². The number of amides is 1. The van der Waals surface area contributed by atoms with Gasteiger partial charge in [0, 0.05) is 16.1 Å². The number of hydrogen-bond donors (Lipinski definition) is 1. The van der Waals surface area contributed by atoms with E-state index in [1.165, 1.54) is 19.8 Å². The maximum atomic E-state index is 13.8. The van der Waals surface area contributed by atoms with E-state index in [4.69, 9.17) is 9.47 Å². The zero-order valence-corrected chi connectivity index (χ0v) is 22.7. The lowest BCUT2D eigenvalue weighted by molar-refractivity contribution is -0.136. The van der Waals surface area contributed by atoms with Gasteiger partial charge in [0.2, 0.25) is 0 Å². The third kappa shape index (κ3) is 4.65. The van der Waals surface area contributed by atoms with Crippen molar-refractivity contribution in [1.82, 2.24) is 0 Å². The van der Waals surface area contributed by atoms with Crippen LogP contribution in [0.2, 0.25) is 0 Å². The van der Waals surface area contributed by atoms with Gasteiger partial charge in [-0.15, -0.1) is 0 Å². The molecule has 0 saturated carbocycles. The fourth-order valence-corrected chi connectivity index (χ4v) is 4.96. The standard InChI is InChI=1S/C29H30BrNO5/c1-17(2)19-7-6-18(3)20(12-19)16-31-25-11-8-21(30)13-24(25)29(34,28(31)33)15-26(32)23-10-9-22(35-4)14-27(23)36-5/h6-14,17,34H,15-16H2,1-5H3/t29-/m0/s1. The smallest absolute Gasteiger partial charge is 0.264 e. The number of methoxy groups -OCH3 is 2. The highest BCUT2D eigenvalue weighted by atomic mass is 79.9. The van der Waals surface area contributed by atoms with Gasteiger partial charge >= 0.3 is 0 Å². The summed E-state index contributed by atoms with van der Waals surface area (Å²) >= 11 is 3.45. The number of Topliss-reactive ketones (excluding diaryl/α,β-unsaturated/α-hetero) is 1. The molecule has 1 heterocycles. The molecule has 0 aromatic heterocycles. The summed E-state index contributed by atoms with van der Waals surface area (Å²) in [4.78, 5) is 28.8. The van der Waals surface area contributed by atoms with Crippen molar-refractivity contribution in [2.24, 2.45) is 0 Å². The van der Waals surface area contributed by atoms with E-state index in [-0.39, 0.29) is 5.56 Å². The van der Waals surface area contributed by atoms with E-state index in [2.05, 4.69) is 48.0 Å². The second kappa shape index (κ2) is 10.1. The first-order chi connectivity index (χ1) is 17.1. The number of nitrogens with zero attached hydrogens (tertiary/aromatic N) is 1. The van der Waals surface area contributed by atoms with Gasteiger partial charge in [0.1, 0.15) is 11.5 Å². The Hall–Kier alpha value is -3.16. The number of rotatable bonds is 8. The van der Waals surface area contributed by atoms with Gasteiger partial charge in [-0.25, -0.2) is 0 Å². The van der Waals surface area contributed by atoms with Gasteiger partial charge in [-0.2, -0.15) is 0 Å². The van der Waals surface area contributed by atoms with E-state index >= 15 is 0 Å². The second-order valence-corrected chi connectivity index (χ2v) is 10.3. The number of aliphatic hydroxyl groups is 1. The maximum Gasteiger partial charge on any atom is 0.264 e. The zero-order valence-electron chi connectivity index (χ0n) is 21.1. The fourth-order valence-electron chi connectivity index (χ4n) is 4.60. The van der Waals surface area contributed by atoms with Gasteiger partial charge < -0.3 is 19.5 Å². The van der Waals surface area contributed by atoms with Crippen LogP contribution < -0.4 is 14.4 Å². The summed E-state index contributed by atoms with van der Waals surface area (Å²) in [6, 6.07) is 16.4. The molecule has 0 radical (unpaired) electrons. The van der Waals surface area contributed by atoms with Crippen LogP contribution in [0.15, 0.2) is 59.1 Å². The van der Waals surface area contributed by atoms with Crippen molar-refractivity contribution in [1.29, 1.82) is 0 Å². The number of aryl methyl sites for hydroxylation is 1. The lowest BCUT2D eigenvalue weighted by atomic mass is 9.88. The topological polar surface area (TPSA) is 76.1 Å². The molecule has 36 heavy (non-hydrogen) atoms. The van der Waals surface area contributed by atoms with Crippen LogP contribution in [0.4, 0.5) is 5.69 Å². The number of ether oxygens (including phenoxy) is 2. The van der Waals surface area contributed by atoms with E-state index < -0.39 is 23.7 Å². The molecular weight excluding hydrogens is 522 g/mol. The number of hydrogen-bond acceptors (Lipinski definition) is 5. The molecule has 0 bridgehead atoms. The van der Waals surface area contributed by atoms with Crippen molar-refractivity contribution in [3.63, 3.8) is 0 Å². The highest BCUT2D eigenvalue weighted by molar-refractivity contribution is 9.10. The van der Waals surface area contributed by atoms with E-state index in [0.717, 1.165) is 11.1 Å². The molecule has 7 heteroatoms. The fraction of sp³-hybridized carbons (Fsp3) is 0.310. The Morgan fingerprint density at radius 1 is 1.06 bits per heavy atom. The van der Waals surface area contributed by atoms with Gasteiger partial charge in [-0.3, -0.25) is 9.59 Å². The predicted octanol–water partition coefficient (Wildman–Crippen LogP) is 5.91. The van der Waals surface area contributed by atoms with Crippen LogP contribution in [0.1, 0.15) is 58.8 Å². The minimum atomic E-state index is -2.01. The quantitative estimate of drug-likeness (QED) is 0.352. The minimum absolute atomic E-state index is 0.273. The number of anilines is 1. The summed E-state index contributed by atoms with van der Waals surface area (Å²) in [5.74, 6) is 0.275. The molecule has 3 aromatic rings. The summed E-state index contributed by atoms with van der Waals surface area (Å²) in [6.07, 6.45) is -0.417. The Morgan fingerprint density at radius 2 is 1.81 bits per heavy atom. The Labute approximate surface area is 220 Å². The highest BCUT2D eigenvalue weighted by Crippen LogP contribution is 2.45. The van der Waals surface area contributed by atoms with Crippen LogP contribution in [-0.2, 0) is 16.9 Å². The van der Waals surface area contributed by atoms with Gasteiger partial charge in [0.05, 0.1) is 38.4 Å². The second-order valence-electron chi connectivity index (χ2n) is 9.42. The van der Waals surface area contributed by atoms with Gasteiger partial charge in [-0.1, -0.05) is 48.0 Å². The lowest BCUT2D eigenvalue weighted by Gasteiger charge is -2.24. The van der Waals surface area contributed by atoms with E-state index in [0.29, 0.717) is 39.7 Å². The first-order valence-electron chi connectivity index (χ1n) is 11.8. The summed E-state index contributed by atoms with van der Waals surface area (Å²) in [5, 5.41) is 11.8. The molecule has 0 aliphatic carbocycles. The number of carbonyl (C=O) groups excluding carboxylic acids is 2. The van der Waals surface area contributed by atoms with E-state index in [1.807, 2.05) is 13.0 Å². The molecule has 1 amide bonds. The van der Waals surface area contributed by atoms with Crippen LogP contribution in [0.25, 0.3) is 0 Å². The summed E-state index contributed by atoms with van der Waals surface area (Å²) in [6.45, 7) is 6.55. The van der Waals surface area contributed by atoms with Crippen LogP contribution in [0, 0.1) is 6.92 Å². The van der Waals surface area contributed by atoms with Crippen molar-refractivity contribution >= 4 is 33.3 Å². The Kier molecular flexibility index (Phi) is 7.25. The van der Waals surface area contributed by atoms with Crippen molar-refractivity contribution in [3.05, 3.63) is 86.9 Å². The van der Waals surface area contributed by atoms with Crippen molar-refractivity contribution < 1.29 is 24.2 Å². The molecule has 0 saturated heterocycles. The molecule has 4 rings (SSSR count). The predicted molar refractivity (Wildman–Crippen MR) is 143 cm³/mol. The molecule has 1 aliphatic rings. The first-order valence-corrected chi connectivity index (χ1v) is 12.6. The molecule has 0 spiro atoms. The van der Waals surface area contributed by atoms with Gasteiger partial charge in [-0.05, 0) is 59.9 Å². The van der Waals surface area contributed by atoms with Crippen LogP contribution in [0.5, 0.6) is 11.5 Å². The van der Waals surface area contributed by atoms with Crippen molar-refractivity contribution in [2.75, 3.05) is 19.1 Å². The summed E-state index contributed by atoms with van der Waals surface area (Å²) in [7, 11) is 2.99. The molecular formula is C29H30BrNO5. The lowest BCUT2D eigenvalue weighted by Crippen LogP contribution is -2.41. The third-order valence-electron chi connectivity index (χ3n) is 6.79. The van der Waals surface area contributed by atoms with Crippen LogP contribution in [0.3, 0.4) is 0 Å². The van der Waals surface area contributed by atoms with Gasteiger partial charge in [0.25, 0.3) is 5.91 Å². The van der Waals surface area contributed by atoms with Crippen molar-refractivity contribution in [3.8, 4) is 11.5 Å². The largest absolute Gasteiger partial charge is 0.497 e. The average Bonchev–Trinajstić information content (AvgIpc) is 3.05. The highest BCUT2D eigenvalue weighted by Gasteiger charge is 2.51. The zero-order chi connectivity index (χ0) is 26.2. The number of benzene rings is 3. The van der Waals surface area contributed by atoms with E-state index in [9.17, 15) is 14.7 Å². The molecule has 0 unspecified atom stereocenters. The number of carbonyl (C=O) groups is 2. The van der Waals surface area contributed by atoms with Crippen LogP contribution >= 0.6 is 15.9 Å². The summed E-state index contributed by atoms with van der Waals surface area (Å²) < 4.78 is 11.3. The monoisotopic (exact) mass is 551 g/mol. The van der Waals surface area contributed by atoms with Crippen molar-refractivity contribution in [2.45, 2.75) is 45.3 Å². The number of fused-ring (bicyclic) bond motifs is 1. The Bertz CT molecular complexity index is 1340. The Morgan fingerprint density at radius 3 is 2.47 bits per heavy atom. The minimum Gasteiger partial charge on any atom is -0.497 e. The number of ketones is 1. The number of halogens is 1. The molecule has 6 nitrogen and oxygen atoms in total. The van der Waals surface area contributed by atoms with Crippen LogP contribution in [-0.4, -0.2) is 31.0 Å². The molecule has 188 valence electrons. The normalized spacial score (nSPS) is 16.9. The Balaban J connectivity index is 1.72. The molecule has 1 N–H and O–H groups in total. The maximum absolute atomic E-state index is 13.8. The molecule has 0 fully saturated rings. The molecule has 1 aliphatic heterocycles. The third-order valence-corrected chi connectivity index (χ3v) is 7.28. The molecule has 3 aromatic carbocycles. The molecule has 1 atom stereocenters. The first kappa shape index (κ1) is 25.9. The average molecular weight is 552 g/mol.